The average molecular weight is 458 g/mol. The number of nitrogens with zero attached hydrogens (tertiary/aromatic N) is 1. The molecule has 1 amide bonds. The fraction of sp³-hybridized carbons (Fsp3) is 0.130. The Bertz CT molecular complexity index is 1220. The molecule has 1 aromatic heterocycles. The Balaban J connectivity index is 1.99. The predicted molar refractivity (Wildman–Crippen MR) is 118 cm³/mol. The number of aliphatic hydroxyl groups excluding tert-OH is 1. The van der Waals surface area contributed by atoms with E-state index in [1.807, 2.05) is 5.38 Å². The number of hydrogen-bond acceptors (Lipinski definition) is 5. The molecule has 0 saturated carbocycles. The number of ketones is 1. The molecule has 1 saturated heterocycles. The number of benzene rings is 2. The van der Waals surface area contributed by atoms with Crippen molar-refractivity contribution in [1.82, 2.24) is 0 Å². The largest absolute Gasteiger partial charge is 0.507 e. The lowest BCUT2D eigenvalue weighted by Crippen LogP contribution is -2.29. The molecule has 2 heterocycles. The number of carbonyl (C=O) groups is 2. The minimum Gasteiger partial charge on any atom is -0.507 e. The fourth-order valence-corrected chi connectivity index (χ4v) is 4.64. The Morgan fingerprint density at radius 3 is 2.65 bits per heavy atom. The zero-order valence-electron chi connectivity index (χ0n) is 16.6. The number of anilines is 1. The molecule has 4 rings (SSSR count). The SMILES string of the molecule is COc1ccc(F)cc1/C(O)=C1/C(=O)C(=O)N(c2cc(Cl)ccc2C)C1c1cccs1. The summed E-state index contributed by atoms with van der Waals surface area (Å²) < 4.78 is 19.2. The van der Waals surface area contributed by atoms with Crippen LogP contribution in [0.25, 0.3) is 5.76 Å². The van der Waals surface area contributed by atoms with Gasteiger partial charge >= 0.3 is 0 Å². The normalized spacial score (nSPS) is 17.9. The first-order valence-corrected chi connectivity index (χ1v) is 10.5. The maximum atomic E-state index is 13.9. The van der Waals surface area contributed by atoms with Gasteiger partial charge in [-0.1, -0.05) is 23.7 Å². The van der Waals surface area contributed by atoms with Gasteiger partial charge in [-0.2, -0.15) is 0 Å². The number of Topliss-reactive ketones (excluding diaryl/α,β-unsaturated/α-hetero) is 1. The summed E-state index contributed by atoms with van der Waals surface area (Å²) in [5.74, 6) is -2.62. The second-order valence-electron chi connectivity index (χ2n) is 6.96. The van der Waals surface area contributed by atoms with Crippen LogP contribution in [-0.4, -0.2) is 23.9 Å². The van der Waals surface area contributed by atoms with Gasteiger partial charge in [-0.3, -0.25) is 14.5 Å². The molecule has 1 fully saturated rings. The number of hydrogen-bond donors (Lipinski definition) is 1. The van der Waals surface area contributed by atoms with Gasteiger partial charge < -0.3 is 9.84 Å². The number of aryl methyl sites for hydroxylation is 1. The van der Waals surface area contributed by atoms with Crippen LogP contribution in [0, 0.1) is 12.7 Å². The summed E-state index contributed by atoms with van der Waals surface area (Å²) in [5, 5.41) is 13.3. The van der Waals surface area contributed by atoms with Crippen molar-refractivity contribution in [3.05, 3.63) is 86.3 Å². The highest BCUT2D eigenvalue weighted by atomic mass is 35.5. The molecule has 1 N–H and O–H groups in total. The molecule has 1 unspecified atom stereocenters. The molecule has 1 aliphatic rings. The molecule has 31 heavy (non-hydrogen) atoms. The fourth-order valence-electron chi connectivity index (χ4n) is 3.65. The molecule has 158 valence electrons. The third-order valence-electron chi connectivity index (χ3n) is 5.10. The van der Waals surface area contributed by atoms with Gasteiger partial charge in [0.25, 0.3) is 11.7 Å². The van der Waals surface area contributed by atoms with Gasteiger partial charge in [-0.05, 0) is 54.3 Å². The molecule has 0 radical (unpaired) electrons. The molecule has 2 aromatic carbocycles. The van der Waals surface area contributed by atoms with E-state index in [1.165, 1.54) is 35.5 Å². The molecule has 1 aliphatic heterocycles. The third-order valence-corrected chi connectivity index (χ3v) is 6.26. The lowest BCUT2D eigenvalue weighted by molar-refractivity contribution is -0.132. The van der Waals surface area contributed by atoms with Gasteiger partial charge in [0.05, 0.1) is 18.2 Å². The zero-order valence-corrected chi connectivity index (χ0v) is 18.1. The monoisotopic (exact) mass is 457 g/mol. The summed E-state index contributed by atoms with van der Waals surface area (Å²) in [4.78, 5) is 28.2. The van der Waals surface area contributed by atoms with Crippen LogP contribution in [0.5, 0.6) is 5.75 Å². The smallest absolute Gasteiger partial charge is 0.300 e. The first-order valence-electron chi connectivity index (χ1n) is 9.28. The van der Waals surface area contributed by atoms with Crippen molar-refractivity contribution in [3.63, 3.8) is 0 Å². The average Bonchev–Trinajstić information content (AvgIpc) is 3.36. The molecule has 0 aliphatic carbocycles. The summed E-state index contributed by atoms with van der Waals surface area (Å²) in [6.45, 7) is 1.80. The lowest BCUT2D eigenvalue weighted by Gasteiger charge is -2.26. The van der Waals surface area contributed by atoms with Gasteiger partial charge in [0.2, 0.25) is 0 Å². The van der Waals surface area contributed by atoms with E-state index >= 15 is 0 Å². The lowest BCUT2D eigenvalue weighted by atomic mass is 9.99. The third kappa shape index (κ3) is 3.60. The van der Waals surface area contributed by atoms with Crippen LogP contribution in [-0.2, 0) is 9.59 Å². The van der Waals surface area contributed by atoms with Crippen molar-refractivity contribution >= 4 is 46.1 Å². The maximum Gasteiger partial charge on any atom is 0.300 e. The first kappa shape index (κ1) is 21.1. The molecular formula is C23H17ClFNO4S. The van der Waals surface area contributed by atoms with Crippen LogP contribution < -0.4 is 9.64 Å². The van der Waals surface area contributed by atoms with E-state index in [1.54, 1.807) is 37.3 Å². The highest BCUT2D eigenvalue weighted by Gasteiger charge is 2.48. The summed E-state index contributed by atoms with van der Waals surface area (Å²) in [5.41, 5.74) is 1.04. The Labute approximate surface area is 187 Å². The van der Waals surface area contributed by atoms with E-state index in [2.05, 4.69) is 0 Å². The number of rotatable bonds is 4. The standard InChI is InChI=1S/C23H17ClFNO4S/c1-12-5-6-13(24)10-16(12)26-20(18-4-3-9-31-18)19(22(28)23(26)29)21(27)15-11-14(25)7-8-17(15)30-2/h3-11,20,27H,1-2H3/b21-19-. The van der Waals surface area contributed by atoms with Gasteiger partial charge in [-0.15, -0.1) is 11.3 Å². The molecule has 1 atom stereocenters. The van der Waals surface area contributed by atoms with E-state index in [-0.39, 0.29) is 16.9 Å². The minimum atomic E-state index is -0.898. The van der Waals surface area contributed by atoms with Crippen LogP contribution in [0.2, 0.25) is 5.02 Å². The van der Waals surface area contributed by atoms with E-state index < -0.39 is 29.3 Å². The maximum absolute atomic E-state index is 13.9. The number of thiophene rings is 1. The van der Waals surface area contributed by atoms with E-state index in [0.717, 1.165) is 11.6 Å². The van der Waals surface area contributed by atoms with Gasteiger partial charge in [0, 0.05) is 15.6 Å². The number of halogens is 2. The van der Waals surface area contributed by atoms with E-state index in [4.69, 9.17) is 16.3 Å². The number of amides is 1. The Morgan fingerprint density at radius 1 is 1.19 bits per heavy atom. The quantitative estimate of drug-likeness (QED) is 0.320. The van der Waals surface area contributed by atoms with Crippen molar-refractivity contribution in [2.45, 2.75) is 13.0 Å². The van der Waals surface area contributed by atoms with Gasteiger partial charge in [0.15, 0.2) is 0 Å². The van der Waals surface area contributed by atoms with Crippen LogP contribution in [0.15, 0.2) is 59.5 Å². The van der Waals surface area contributed by atoms with Gasteiger partial charge in [-0.25, -0.2) is 4.39 Å². The molecule has 0 spiro atoms. The second-order valence-corrected chi connectivity index (χ2v) is 8.38. The molecule has 8 heteroatoms. The van der Waals surface area contributed by atoms with Crippen molar-refractivity contribution in [3.8, 4) is 5.75 Å². The highest BCUT2D eigenvalue weighted by molar-refractivity contribution is 7.10. The van der Waals surface area contributed by atoms with Crippen LogP contribution >= 0.6 is 22.9 Å². The predicted octanol–water partition coefficient (Wildman–Crippen LogP) is 5.48. The van der Waals surface area contributed by atoms with Crippen molar-refractivity contribution in [2.75, 3.05) is 12.0 Å². The van der Waals surface area contributed by atoms with Crippen molar-refractivity contribution in [2.24, 2.45) is 0 Å². The zero-order chi connectivity index (χ0) is 22.3. The number of carbonyl (C=O) groups excluding carboxylic acids is 2. The Kier molecular flexibility index (Phi) is 5.56. The molecule has 0 bridgehead atoms. The van der Waals surface area contributed by atoms with Gasteiger partial charge in [0.1, 0.15) is 23.4 Å². The Hall–Kier alpha value is -3.16. The summed E-state index contributed by atoms with van der Waals surface area (Å²) >= 11 is 7.50. The van der Waals surface area contributed by atoms with Crippen LogP contribution in [0.3, 0.4) is 0 Å². The molecular weight excluding hydrogens is 441 g/mol. The second kappa shape index (κ2) is 8.17. The van der Waals surface area contributed by atoms with Crippen molar-refractivity contribution in [1.29, 1.82) is 0 Å². The number of methoxy groups -OCH3 is 1. The summed E-state index contributed by atoms with van der Waals surface area (Å²) in [6.07, 6.45) is 0. The summed E-state index contributed by atoms with van der Waals surface area (Å²) in [6, 6.07) is 11.3. The summed E-state index contributed by atoms with van der Waals surface area (Å²) in [7, 11) is 1.37. The Morgan fingerprint density at radius 2 is 1.97 bits per heavy atom. The topological polar surface area (TPSA) is 66.8 Å². The first-order chi connectivity index (χ1) is 14.8. The van der Waals surface area contributed by atoms with Crippen molar-refractivity contribution < 1.29 is 23.8 Å². The van der Waals surface area contributed by atoms with Crippen LogP contribution in [0.4, 0.5) is 10.1 Å². The molecule has 5 nitrogen and oxygen atoms in total. The minimum absolute atomic E-state index is 0.00938. The molecule has 3 aromatic rings. The number of ether oxygens (including phenoxy) is 1. The number of aliphatic hydroxyl groups is 1. The van der Waals surface area contributed by atoms with E-state index in [0.29, 0.717) is 15.6 Å². The van der Waals surface area contributed by atoms with Crippen LogP contribution in [0.1, 0.15) is 22.0 Å². The van der Waals surface area contributed by atoms with E-state index in [9.17, 15) is 19.1 Å². The highest BCUT2D eigenvalue weighted by Crippen LogP contribution is 2.45.